The van der Waals surface area contributed by atoms with Gasteiger partial charge in [-0.1, -0.05) is 13.8 Å². The highest BCUT2D eigenvalue weighted by Crippen LogP contribution is 2.37. The van der Waals surface area contributed by atoms with E-state index >= 15 is 0 Å². The van der Waals surface area contributed by atoms with Crippen molar-refractivity contribution in [2.45, 2.75) is 51.7 Å². The number of carbonyl (C=O) groups excluding carboxylic acids is 1. The Morgan fingerprint density at radius 2 is 2.05 bits per heavy atom. The average molecular weight is 299 g/mol. The van der Waals surface area contributed by atoms with Crippen LogP contribution in [0.1, 0.15) is 40.0 Å². The van der Waals surface area contributed by atoms with Crippen LogP contribution in [0, 0.1) is 5.92 Å². The molecule has 2 atom stereocenters. The highest BCUT2D eigenvalue weighted by Gasteiger charge is 2.44. The van der Waals surface area contributed by atoms with Crippen molar-refractivity contribution in [1.82, 2.24) is 4.90 Å². The van der Waals surface area contributed by atoms with Gasteiger partial charge < -0.3 is 14.2 Å². The van der Waals surface area contributed by atoms with Crippen molar-refractivity contribution in [2.75, 3.05) is 39.5 Å². The van der Waals surface area contributed by atoms with Crippen molar-refractivity contribution >= 4 is 5.97 Å². The lowest BCUT2D eigenvalue weighted by molar-refractivity contribution is -0.155. The van der Waals surface area contributed by atoms with Crippen LogP contribution in [0.15, 0.2) is 0 Å². The van der Waals surface area contributed by atoms with Crippen LogP contribution >= 0.6 is 0 Å². The molecule has 0 N–H and O–H groups in total. The maximum atomic E-state index is 12.1. The molecule has 0 aromatic heterocycles. The van der Waals surface area contributed by atoms with Crippen LogP contribution < -0.4 is 0 Å². The van der Waals surface area contributed by atoms with Crippen LogP contribution in [0.5, 0.6) is 0 Å². The first-order valence-electron chi connectivity index (χ1n) is 8.17. The van der Waals surface area contributed by atoms with Gasteiger partial charge in [0.15, 0.2) is 0 Å². The van der Waals surface area contributed by atoms with E-state index in [-0.39, 0.29) is 17.6 Å². The fourth-order valence-electron chi connectivity index (χ4n) is 3.44. The molecular formula is C16H29NO4. The smallest absolute Gasteiger partial charge is 0.307 e. The zero-order valence-corrected chi connectivity index (χ0v) is 13.6. The van der Waals surface area contributed by atoms with Gasteiger partial charge in [-0.05, 0) is 25.7 Å². The van der Waals surface area contributed by atoms with Gasteiger partial charge >= 0.3 is 5.97 Å². The zero-order valence-electron chi connectivity index (χ0n) is 13.6. The molecule has 2 heterocycles. The van der Waals surface area contributed by atoms with Gasteiger partial charge in [-0.15, -0.1) is 0 Å². The number of hydrogen-bond donors (Lipinski definition) is 0. The number of nitrogens with zero attached hydrogens (tertiary/aromatic N) is 1. The largest absolute Gasteiger partial charge is 0.466 e. The predicted octanol–water partition coefficient (Wildman–Crippen LogP) is 1.85. The van der Waals surface area contributed by atoms with Gasteiger partial charge in [0.05, 0.1) is 32.3 Å². The molecule has 0 bridgehead atoms. The summed E-state index contributed by atoms with van der Waals surface area (Å²) in [6, 6.07) is 0. The molecular weight excluding hydrogens is 270 g/mol. The fourth-order valence-corrected chi connectivity index (χ4v) is 3.44. The van der Waals surface area contributed by atoms with Gasteiger partial charge in [0, 0.05) is 25.2 Å². The lowest BCUT2D eigenvalue weighted by atomic mass is 9.79. The Kier molecular flexibility index (Phi) is 6.02. The van der Waals surface area contributed by atoms with Crippen molar-refractivity contribution in [2.24, 2.45) is 5.92 Å². The Labute approximate surface area is 127 Å². The van der Waals surface area contributed by atoms with Gasteiger partial charge in [-0.25, -0.2) is 0 Å². The van der Waals surface area contributed by atoms with Crippen LogP contribution in [0.25, 0.3) is 0 Å². The predicted molar refractivity (Wildman–Crippen MR) is 80.2 cm³/mol. The summed E-state index contributed by atoms with van der Waals surface area (Å²) in [5.41, 5.74) is -0.122. The summed E-state index contributed by atoms with van der Waals surface area (Å²) in [5, 5.41) is 0. The van der Waals surface area contributed by atoms with Gasteiger partial charge in [-0.3, -0.25) is 9.69 Å². The molecule has 0 aromatic rings. The van der Waals surface area contributed by atoms with Crippen LogP contribution in [-0.4, -0.2) is 62.0 Å². The molecule has 0 spiro atoms. The van der Waals surface area contributed by atoms with E-state index in [1.807, 2.05) is 6.92 Å². The van der Waals surface area contributed by atoms with Crippen LogP contribution in [0.4, 0.5) is 0 Å². The van der Waals surface area contributed by atoms with E-state index in [9.17, 15) is 4.79 Å². The Bertz CT molecular complexity index is 341. The maximum Gasteiger partial charge on any atom is 0.307 e. The molecule has 21 heavy (non-hydrogen) atoms. The molecule has 2 saturated heterocycles. The lowest BCUT2D eigenvalue weighted by Crippen LogP contribution is -2.59. The number of hydrogen-bond acceptors (Lipinski definition) is 5. The van der Waals surface area contributed by atoms with E-state index in [0.29, 0.717) is 18.9 Å². The molecule has 0 amide bonds. The van der Waals surface area contributed by atoms with Crippen molar-refractivity contribution in [3.8, 4) is 0 Å². The Hall–Kier alpha value is -0.650. The molecule has 122 valence electrons. The number of rotatable bonds is 5. The molecule has 2 unspecified atom stereocenters. The summed E-state index contributed by atoms with van der Waals surface area (Å²) in [7, 11) is 0. The molecule has 0 aliphatic carbocycles. The molecule has 0 radical (unpaired) electrons. The SMILES string of the molecule is CCOC(=O)CC1(N2CCOCC2)CCOC(C(C)C)C1. The first-order chi connectivity index (χ1) is 10.1. The third-order valence-corrected chi connectivity index (χ3v) is 4.68. The van der Waals surface area contributed by atoms with E-state index in [2.05, 4.69) is 18.7 Å². The number of carbonyl (C=O) groups is 1. The van der Waals surface area contributed by atoms with Crippen molar-refractivity contribution in [1.29, 1.82) is 0 Å². The third-order valence-electron chi connectivity index (χ3n) is 4.68. The minimum Gasteiger partial charge on any atom is -0.466 e. The van der Waals surface area contributed by atoms with E-state index < -0.39 is 0 Å². The fraction of sp³-hybridized carbons (Fsp3) is 0.938. The molecule has 0 aromatic carbocycles. The van der Waals surface area contributed by atoms with Gasteiger partial charge in [0.25, 0.3) is 0 Å². The van der Waals surface area contributed by atoms with Crippen LogP contribution in [0.2, 0.25) is 0 Å². The van der Waals surface area contributed by atoms with E-state index in [0.717, 1.165) is 45.8 Å². The molecule has 0 saturated carbocycles. The Balaban J connectivity index is 2.13. The first kappa shape index (κ1) is 16.7. The van der Waals surface area contributed by atoms with E-state index in [4.69, 9.17) is 14.2 Å². The molecule has 2 aliphatic heterocycles. The molecule has 5 heteroatoms. The number of morpholine rings is 1. The Morgan fingerprint density at radius 3 is 2.67 bits per heavy atom. The summed E-state index contributed by atoms with van der Waals surface area (Å²) < 4.78 is 16.6. The number of ether oxygens (including phenoxy) is 3. The van der Waals surface area contributed by atoms with Crippen LogP contribution in [-0.2, 0) is 19.0 Å². The van der Waals surface area contributed by atoms with Crippen molar-refractivity contribution < 1.29 is 19.0 Å². The zero-order chi connectivity index (χ0) is 15.3. The minimum atomic E-state index is -0.122. The second-order valence-electron chi connectivity index (χ2n) is 6.41. The molecule has 2 rings (SSSR count). The van der Waals surface area contributed by atoms with E-state index in [1.54, 1.807) is 0 Å². The highest BCUT2D eigenvalue weighted by atomic mass is 16.5. The third kappa shape index (κ3) is 4.18. The average Bonchev–Trinajstić information content (AvgIpc) is 2.48. The summed E-state index contributed by atoms with van der Waals surface area (Å²) in [6.45, 7) is 10.7. The van der Waals surface area contributed by atoms with Crippen molar-refractivity contribution in [3.05, 3.63) is 0 Å². The normalized spacial score (nSPS) is 31.3. The Morgan fingerprint density at radius 1 is 1.33 bits per heavy atom. The topological polar surface area (TPSA) is 48.0 Å². The summed E-state index contributed by atoms with van der Waals surface area (Å²) in [4.78, 5) is 14.6. The second-order valence-corrected chi connectivity index (χ2v) is 6.41. The maximum absolute atomic E-state index is 12.1. The van der Waals surface area contributed by atoms with E-state index in [1.165, 1.54) is 0 Å². The monoisotopic (exact) mass is 299 g/mol. The standard InChI is InChI=1S/C16H29NO4/c1-4-20-15(18)12-16(17-6-9-19-10-7-17)5-8-21-14(11-16)13(2)3/h13-14H,4-12H2,1-3H3. The summed E-state index contributed by atoms with van der Waals surface area (Å²) in [6.07, 6.45) is 2.49. The van der Waals surface area contributed by atoms with Crippen LogP contribution in [0.3, 0.4) is 0 Å². The van der Waals surface area contributed by atoms with Crippen molar-refractivity contribution in [3.63, 3.8) is 0 Å². The second kappa shape index (κ2) is 7.56. The first-order valence-corrected chi connectivity index (χ1v) is 8.17. The molecule has 5 nitrogen and oxygen atoms in total. The van der Waals surface area contributed by atoms with Gasteiger partial charge in [-0.2, -0.15) is 0 Å². The quantitative estimate of drug-likeness (QED) is 0.725. The number of esters is 1. The molecule has 2 fully saturated rings. The minimum absolute atomic E-state index is 0.0894. The summed E-state index contributed by atoms with van der Waals surface area (Å²) >= 11 is 0. The van der Waals surface area contributed by atoms with Gasteiger partial charge in [0.2, 0.25) is 0 Å². The summed E-state index contributed by atoms with van der Waals surface area (Å²) in [5.74, 6) is 0.376. The van der Waals surface area contributed by atoms with Gasteiger partial charge in [0.1, 0.15) is 0 Å². The highest BCUT2D eigenvalue weighted by molar-refractivity contribution is 5.71. The molecule has 2 aliphatic rings. The lowest BCUT2D eigenvalue weighted by Gasteiger charge is -2.50.